The highest BCUT2D eigenvalue weighted by Crippen LogP contribution is 2.42. The summed E-state index contributed by atoms with van der Waals surface area (Å²) in [7, 11) is 0. The molecule has 0 spiro atoms. The number of carbonyl (C=O) groups excluding carboxylic acids is 2. The summed E-state index contributed by atoms with van der Waals surface area (Å²) in [5.41, 5.74) is 2.35. The summed E-state index contributed by atoms with van der Waals surface area (Å²) in [6.07, 6.45) is 11.1. The van der Waals surface area contributed by atoms with Crippen molar-refractivity contribution >= 4 is 59.8 Å². The molecular formula is C36H50Cl4N4O5. The van der Waals surface area contributed by atoms with Gasteiger partial charge in [0.25, 0.3) is 5.91 Å². The summed E-state index contributed by atoms with van der Waals surface area (Å²) >= 11 is 12.9. The quantitative estimate of drug-likeness (QED) is 0.303. The summed E-state index contributed by atoms with van der Waals surface area (Å²) in [6.45, 7) is 5.92. The fourth-order valence-electron chi connectivity index (χ4n) is 7.80. The molecule has 272 valence electrons. The number of halogens is 4. The van der Waals surface area contributed by atoms with Crippen LogP contribution >= 0.6 is 48.0 Å². The molecule has 1 atom stereocenters. The van der Waals surface area contributed by atoms with Crippen LogP contribution in [0.1, 0.15) is 72.9 Å². The molecule has 6 rings (SSSR count). The number of hydrogen-bond donors (Lipinski definition) is 0. The largest absolute Gasteiger partial charge is 0.412 e. The number of carbonyl (C=O) groups is 2. The van der Waals surface area contributed by atoms with Crippen LogP contribution < -0.4 is 0 Å². The van der Waals surface area contributed by atoms with Crippen molar-refractivity contribution in [1.29, 1.82) is 0 Å². The van der Waals surface area contributed by atoms with Crippen molar-refractivity contribution in [1.82, 2.24) is 19.7 Å². The van der Waals surface area contributed by atoms with Gasteiger partial charge in [-0.25, -0.2) is 0 Å². The lowest BCUT2D eigenvalue weighted by Crippen LogP contribution is -2.52. The molecule has 3 aliphatic heterocycles. The van der Waals surface area contributed by atoms with Crippen LogP contribution in [0, 0.1) is 0 Å². The number of aromatic nitrogens is 1. The van der Waals surface area contributed by atoms with E-state index in [0.29, 0.717) is 28.1 Å². The van der Waals surface area contributed by atoms with Crippen molar-refractivity contribution in [2.45, 2.75) is 62.2 Å². The molecule has 0 aliphatic carbocycles. The Hall–Kier alpha value is -2.47. The van der Waals surface area contributed by atoms with Gasteiger partial charge < -0.3 is 31.1 Å². The third-order valence-electron chi connectivity index (χ3n) is 10.3. The molecule has 2 aromatic carbocycles. The summed E-state index contributed by atoms with van der Waals surface area (Å²) in [6, 6.07) is 20.0. The predicted octanol–water partition coefficient (Wildman–Crippen LogP) is 5.37. The van der Waals surface area contributed by atoms with Gasteiger partial charge in [-0.1, -0.05) is 59.6 Å². The first-order chi connectivity index (χ1) is 21.4. The van der Waals surface area contributed by atoms with Gasteiger partial charge in [0.1, 0.15) is 0 Å². The van der Waals surface area contributed by atoms with Crippen molar-refractivity contribution in [3.63, 3.8) is 0 Å². The van der Waals surface area contributed by atoms with Crippen LogP contribution in [-0.2, 0) is 15.6 Å². The van der Waals surface area contributed by atoms with E-state index in [-0.39, 0.29) is 52.6 Å². The van der Waals surface area contributed by atoms with Crippen LogP contribution in [0.4, 0.5) is 0 Å². The number of rotatable bonds is 8. The van der Waals surface area contributed by atoms with E-state index in [1.165, 1.54) is 0 Å². The Balaban J connectivity index is 0.00000240. The van der Waals surface area contributed by atoms with E-state index in [0.717, 1.165) is 102 Å². The Kier molecular flexibility index (Phi) is 18.0. The second-order valence-corrected chi connectivity index (χ2v) is 13.7. The molecule has 3 saturated heterocycles. The van der Waals surface area contributed by atoms with Gasteiger partial charge in [-0.2, -0.15) is 0 Å². The molecule has 3 aromatic rings. The highest BCUT2D eigenvalue weighted by molar-refractivity contribution is 6.42. The molecule has 0 bridgehead atoms. The Bertz CT molecular complexity index is 1460. The van der Waals surface area contributed by atoms with Crippen LogP contribution in [-0.4, -0.2) is 93.7 Å². The molecule has 4 heterocycles. The average molecular weight is 761 g/mol. The van der Waals surface area contributed by atoms with Crippen molar-refractivity contribution in [2.75, 3.05) is 45.8 Å². The van der Waals surface area contributed by atoms with E-state index >= 15 is 0 Å². The van der Waals surface area contributed by atoms with Crippen LogP contribution in [0.15, 0.2) is 73.1 Å². The first kappa shape index (κ1) is 44.6. The van der Waals surface area contributed by atoms with E-state index in [9.17, 15) is 9.59 Å². The van der Waals surface area contributed by atoms with Gasteiger partial charge in [-0.05, 0) is 106 Å². The second kappa shape index (κ2) is 19.8. The minimum absolute atomic E-state index is 0. The van der Waals surface area contributed by atoms with E-state index in [4.69, 9.17) is 23.2 Å². The molecule has 13 heteroatoms. The van der Waals surface area contributed by atoms with Crippen LogP contribution in [0.2, 0.25) is 10.0 Å². The average Bonchev–Trinajstić information content (AvgIpc) is 3.62. The Morgan fingerprint density at radius 2 is 1.35 bits per heavy atom. The Labute approximate surface area is 312 Å². The van der Waals surface area contributed by atoms with Gasteiger partial charge in [0.15, 0.2) is 0 Å². The molecule has 1 unspecified atom stereocenters. The number of likely N-dealkylation sites (tertiary alicyclic amines) is 3. The lowest BCUT2D eigenvalue weighted by Gasteiger charge is -2.45. The van der Waals surface area contributed by atoms with E-state index in [2.05, 4.69) is 45.1 Å². The molecule has 2 amide bonds. The first-order valence-electron chi connectivity index (χ1n) is 16.1. The summed E-state index contributed by atoms with van der Waals surface area (Å²) in [5, 5.41) is 1.10. The predicted molar refractivity (Wildman–Crippen MR) is 202 cm³/mol. The van der Waals surface area contributed by atoms with Gasteiger partial charge in [0.2, 0.25) is 5.91 Å². The number of piperidine rings is 2. The van der Waals surface area contributed by atoms with Gasteiger partial charge in [0.05, 0.1) is 15.5 Å². The van der Waals surface area contributed by atoms with Gasteiger partial charge in [-0.15, -0.1) is 24.8 Å². The monoisotopic (exact) mass is 758 g/mol. The Morgan fingerprint density at radius 1 is 0.714 bits per heavy atom. The zero-order valence-electron chi connectivity index (χ0n) is 27.7. The maximum absolute atomic E-state index is 13.9. The third-order valence-corrected chi connectivity index (χ3v) is 11.0. The zero-order chi connectivity index (χ0) is 30.6. The van der Waals surface area contributed by atoms with Gasteiger partial charge >= 0.3 is 0 Å². The standard InChI is InChI=1S/C36H42Cl2N4O2.2ClH.3H2O/c37-31-11-10-30(26-32(31)38)35(15-7-23-42(27-35)33(43)28-12-18-39-19-13-28)14-6-20-40-24-16-36(17-25-40,29-8-2-1-3-9-29)34(44)41-21-4-5-22-41;;;;;/h1-3,8-13,18-19,26H,4-7,14-17,20-25,27H2;2*1H;3*1H2. The van der Waals surface area contributed by atoms with E-state index in [1.54, 1.807) is 24.5 Å². The van der Waals surface area contributed by atoms with Crippen LogP contribution in [0.3, 0.4) is 0 Å². The molecule has 6 N–H and O–H groups in total. The third kappa shape index (κ3) is 9.65. The SMILES string of the molecule is Cl.Cl.O.O.O.O=C(c1ccncc1)N1CCCC(CCCN2CCC(C(=O)N3CCCC3)(c3ccccc3)CC2)(c2ccc(Cl)c(Cl)c2)C1. The number of amides is 2. The fourth-order valence-corrected chi connectivity index (χ4v) is 8.10. The highest BCUT2D eigenvalue weighted by Gasteiger charge is 2.45. The molecule has 0 radical (unpaired) electrons. The molecule has 1 aromatic heterocycles. The molecule has 9 nitrogen and oxygen atoms in total. The molecule has 0 saturated carbocycles. The molecular weight excluding hydrogens is 710 g/mol. The summed E-state index contributed by atoms with van der Waals surface area (Å²) < 4.78 is 0. The minimum atomic E-state index is -0.430. The number of hydrogen-bond acceptors (Lipinski definition) is 4. The fraction of sp³-hybridized carbons (Fsp3) is 0.472. The normalized spacial score (nSPS) is 20.0. The lowest BCUT2D eigenvalue weighted by molar-refractivity contribution is -0.138. The van der Waals surface area contributed by atoms with Crippen molar-refractivity contribution in [3.05, 3.63) is 99.8 Å². The topological polar surface area (TPSA) is 151 Å². The summed E-state index contributed by atoms with van der Waals surface area (Å²) in [4.78, 5) is 38.2. The minimum Gasteiger partial charge on any atom is -0.412 e. The van der Waals surface area contributed by atoms with E-state index < -0.39 is 5.41 Å². The lowest BCUT2D eigenvalue weighted by atomic mass is 9.70. The highest BCUT2D eigenvalue weighted by atomic mass is 35.5. The maximum atomic E-state index is 13.9. The van der Waals surface area contributed by atoms with Gasteiger partial charge in [-0.3, -0.25) is 14.6 Å². The number of pyridine rings is 1. The maximum Gasteiger partial charge on any atom is 0.253 e. The Morgan fingerprint density at radius 3 is 1.98 bits per heavy atom. The molecule has 3 fully saturated rings. The number of nitrogens with zero attached hydrogens (tertiary/aromatic N) is 4. The van der Waals surface area contributed by atoms with Crippen molar-refractivity contribution in [2.24, 2.45) is 0 Å². The van der Waals surface area contributed by atoms with Gasteiger partial charge in [0, 0.05) is 49.6 Å². The molecule has 3 aliphatic rings. The van der Waals surface area contributed by atoms with Crippen LogP contribution in [0.25, 0.3) is 0 Å². The van der Waals surface area contributed by atoms with Crippen molar-refractivity contribution in [3.8, 4) is 0 Å². The summed E-state index contributed by atoms with van der Waals surface area (Å²) in [5.74, 6) is 0.369. The first-order valence-corrected chi connectivity index (χ1v) is 16.9. The number of benzene rings is 2. The second-order valence-electron chi connectivity index (χ2n) is 12.9. The van der Waals surface area contributed by atoms with E-state index in [1.807, 2.05) is 23.1 Å². The molecule has 49 heavy (non-hydrogen) atoms. The smallest absolute Gasteiger partial charge is 0.253 e. The van der Waals surface area contributed by atoms with Crippen LogP contribution in [0.5, 0.6) is 0 Å². The van der Waals surface area contributed by atoms with Crippen molar-refractivity contribution < 1.29 is 26.0 Å². The zero-order valence-corrected chi connectivity index (χ0v) is 30.9.